The first-order valence-electron chi connectivity index (χ1n) is 4.39. The van der Waals surface area contributed by atoms with Gasteiger partial charge in [0, 0.05) is 24.2 Å². The van der Waals surface area contributed by atoms with Crippen LogP contribution >= 0.6 is 11.8 Å². The summed E-state index contributed by atoms with van der Waals surface area (Å²) in [5.41, 5.74) is -0.119. The standard InChI is InChI=1S/C8H15NO2S/c10-5-8(1-2-11-6-8)9-7-3-12-4-7/h7,9-10H,1-6H2. The number of aliphatic hydroxyl groups excluding tert-OH is 1. The highest BCUT2D eigenvalue weighted by atomic mass is 32.2. The van der Waals surface area contributed by atoms with Gasteiger partial charge in [-0.1, -0.05) is 0 Å². The second-order valence-electron chi connectivity index (χ2n) is 3.62. The van der Waals surface area contributed by atoms with Gasteiger partial charge in [0.25, 0.3) is 0 Å². The molecule has 0 aromatic heterocycles. The van der Waals surface area contributed by atoms with E-state index in [1.807, 2.05) is 11.8 Å². The molecule has 2 heterocycles. The predicted molar refractivity (Wildman–Crippen MR) is 49.5 cm³/mol. The van der Waals surface area contributed by atoms with Gasteiger partial charge in [-0.15, -0.1) is 0 Å². The molecule has 2 aliphatic rings. The molecule has 2 fully saturated rings. The summed E-state index contributed by atoms with van der Waals surface area (Å²) in [5.74, 6) is 2.36. The fourth-order valence-corrected chi connectivity index (χ4v) is 2.28. The van der Waals surface area contributed by atoms with Gasteiger partial charge < -0.3 is 15.2 Å². The Balaban J connectivity index is 1.87. The molecule has 0 saturated carbocycles. The second kappa shape index (κ2) is 3.54. The molecule has 4 heteroatoms. The summed E-state index contributed by atoms with van der Waals surface area (Å²) in [5, 5.41) is 12.7. The van der Waals surface area contributed by atoms with E-state index in [2.05, 4.69) is 5.32 Å². The Morgan fingerprint density at radius 2 is 2.42 bits per heavy atom. The Kier molecular flexibility index (Phi) is 2.60. The Hall–Kier alpha value is 0.230. The zero-order chi connectivity index (χ0) is 8.44. The highest BCUT2D eigenvalue weighted by Gasteiger charge is 2.37. The van der Waals surface area contributed by atoms with Crippen LogP contribution in [0.5, 0.6) is 0 Å². The van der Waals surface area contributed by atoms with Crippen molar-refractivity contribution >= 4 is 11.8 Å². The van der Waals surface area contributed by atoms with E-state index in [9.17, 15) is 5.11 Å². The summed E-state index contributed by atoms with van der Waals surface area (Å²) >= 11 is 1.95. The molecule has 0 aromatic carbocycles. The number of ether oxygens (including phenoxy) is 1. The van der Waals surface area contributed by atoms with E-state index in [0.717, 1.165) is 13.0 Å². The molecule has 1 unspecified atom stereocenters. The van der Waals surface area contributed by atoms with Crippen LogP contribution in [0.2, 0.25) is 0 Å². The van der Waals surface area contributed by atoms with Crippen LogP contribution in [0.1, 0.15) is 6.42 Å². The van der Waals surface area contributed by atoms with Crippen molar-refractivity contribution in [3.05, 3.63) is 0 Å². The Labute approximate surface area is 76.9 Å². The van der Waals surface area contributed by atoms with Crippen LogP contribution in [0.25, 0.3) is 0 Å². The summed E-state index contributed by atoms with van der Waals surface area (Å²) in [6, 6.07) is 0.601. The van der Waals surface area contributed by atoms with Crippen molar-refractivity contribution in [1.82, 2.24) is 5.32 Å². The van der Waals surface area contributed by atoms with Crippen LogP contribution in [0.3, 0.4) is 0 Å². The van der Waals surface area contributed by atoms with Crippen molar-refractivity contribution in [2.24, 2.45) is 0 Å². The molecule has 3 nitrogen and oxygen atoms in total. The maximum absolute atomic E-state index is 9.24. The van der Waals surface area contributed by atoms with Gasteiger partial charge in [-0.05, 0) is 6.42 Å². The van der Waals surface area contributed by atoms with Gasteiger partial charge in [0.1, 0.15) is 0 Å². The molecule has 0 radical (unpaired) electrons. The van der Waals surface area contributed by atoms with Gasteiger partial charge in [-0.3, -0.25) is 0 Å². The predicted octanol–water partition coefficient (Wildman–Crippen LogP) is -0.157. The molecule has 0 bridgehead atoms. The van der Waals surface area contributed by atoms with Crippen LogP contribution < -0.4 is 5.32 Å². The normalized spacial score (nSPS) is 36.8. The average molecular weight is 189 g/mol. The topological polar surface area (TPSA) is 41.5 Å². The molecule has 70 valence electrons. The van der Waals surface area contributed by atoms with E-state index in [1.165, 1.54) is 11.5 Å². The minimum Gasteiger partial charge on any atom is -0.394 e. The lowest BCUT2D eigenvalue weighted by atomic mass is 9.99. The van der Waals surface area contributed by atoms with Crippen LogP contribution in [-0.2, 0) is 4.74 Å². The number of hydrogen-bond acceptors (Lipinski definition) is 4. The number of thioether (sulfide) groups is 1. The summed E-state index contributed by atoms with van der Waals surface area (Å²) in [7, 11) is 0. The minimum absolute atomic E-state index is 0.119. The number of rotatable bonds is 3. The molecule has 2 saturated heterocycles. The fraction of sp³-hybridized carbons (Fsp3) is 1.00. The van der Waals surface area contributed by atoms with Crippen molar-refractivity contribution in [1.29, 1.82) is 0 Å². The average Bonchev–Trinajstić information content (AvgIpc) is 2.46. The van der Waals surface area contributed by atoms with E-state index in [1.54, 1.807) is 0 Å². The lowest BCUT2D eigenvalue weighted by Gasteiger charge is -2.36. The van der Waals surface area contributed by atoms with Crippen molar-refractivity contribution < 1.29 is 9.84 Å². The smallest absolute Gasteiger partial charge is 0.0675 e. The minimum atomic E-state index is -0.119. The van der Waals surface area contributed by atoms with Crippen molar-refractivity contribution in [2.75, 3.05) is 31.3 Å². The van der Waals surface area contributed by atoms with E-state index in [4.69, 9.17) is 4.74 Å². The van der Waals surface area contributed by atoms with Crippen LogP contribution in [0.15, 0.2) is 0 Å². The van der Waals surface area contributed by atoms with E-state index < -0.39 is 0 Å². The van der Waals surface area contributed by atoms with Crippen LogP contribution in [-0.4, -0.2) is 48.0 Å². The molecule has 0 amide bonds. The van der Waals surface area contributed by atoms with E-state index >= 15 is 0 Å². The molecular formula is C8H15NO2S. The molecule has 2 aliphatic heterocycles. The second-order valence-corrected chi connectivity index (χ2v) is 4.69. The molecule has 0 aromatic rings. The zero-order valence-corrected chi connectivity index (χ0v) is 7.90. The monoisotopic (exact) mass is 189 g/mol. The highest BCUT2D eigenvalue weighted by Crippen LogP contribution is 2.24. The van der Waals surface area contributed by atoms with Gasteiger partial charge in [0.15, 0.2) is 0 Å². The third-order valence-corrected chi connectivity index (χ3v) is 3.83. The molecular weight excluding hydrogens is 174 g/mol. The largest absolute Gasteiger partial charge is 0.394 e. The zero-order valence-electron chi connectivity index (χ0n) is 7.08. The van der Waals surface area contributed by atoms with Crippen LogP contribution in [0, 0.1) is 0 Å². The maximum Gasteiger partial charge on any atom is 0.0675 e. The molecule has 2 rings (SSSR count). The van der Waals surface area contributed by atoms with E-state index in [0.29, 0.717) is 12.6 Å². The van der Waals surface area contributed by atoms with Crippen LogP contribution in [0.4, 0.5) is 0 Å². The fourth-order valence-electron chi connectivity index (χ4n) is 1.64. The lowest BCUT2D eigenvalue weighted by Crippen LogP contribution is -2.57. The lowest BCUT2D eigenvalue weighted by molar-refractivity contribution is 0.115. The van der Waals surface area contributed by atoms with Gasteiger partial charge in [-0.2, -0.15) is 11.8 Å². The van der Waals surface area contributed by atoms with Gasteiger partial charge in [0.2, 0.25) is 0 Å². The molecule has 0 spiro atoms. The Morgan fingerprint density at radius 1 is 1.58 bits per heavy atom. The maximum atomic E-state index is 9.24. The molecule has 1 atom stereocenters. The summed E-state index contributed by atoms with van der Waals surface area (Å²) in [4.78, 5) is 0. The van der Waals surface area contributed by atoms with Crippen molar-refractivity contribution in [3.63, 3.8) is 0 Å². The highest BCUT2D eigenvalue weighted by molar-refractivity contribution is 8.00. The van der Waals surface area contributed by atoms with E-state index in [-0.39, 0.29) is 12.1 Å². The first-order chi connectivity index (χ1) is 5.85. The summed E-state index contributed by atoms with van der Waals surface area (Å²) in [6.07, 6.45) is 0.949. The van der Waals surface area contributed by atoms with Crippen molar-refractivity contribution in [2.45, 2.75) is 18.0 Å². The third-order valence-electron chi connectivity index (χ3n) is 2.55. The molecule has 12 heavy (non-hydrogen) atoms. The Morgan fingerprint density at radius 3 is 2.83 bits per heavy atom. The van der Waals surface area contributed by atoms with Gasteiger partial charge in [0.05, 0.1) is 18.8 Å². The number of hydrogen-bond donors (Lipinski definition) is 2. The molecule has 2 N–H and O–H groups in total. The van der Waals surface area contributed by atoms with Crippen molar-refractivity contribution in [3.8, 4) is 0 Å². The Bertz CT molecular complexity index is 155. The summed E-state index contributed by atoms with van der Waals surface area (Å²) < 4.78 is 5.29. The quantitative estimate of drug-likeness (QED) is 0.647. The van der Waals surface area contributed by atoms with Gasteiger partial charge >= 0.3 is 0 Å². The first kappa shape index (κ1) is 8.81. The third kappa shape index (κ3) is 1.62. The van der Waals surface area contributed by atoms with Gasteiger partial charge in [-0.25, -0.2) is 0 Å². The number of nitrogens with one attached hydrogen (secondary N) is 1. The SMILES string of the molecule is OCC1(NC2CSC2)CCOC1. The number of aliphatic hydroxyl groups is 1. The first-order valence-corrected chi connectivity index (χ1v) is 5.54. The summed E-state index contributed by atoms with van der Waals surface area (Å²) in [6.45, 7) is 1.66. The molecule has 0 aliphatic carbocycles.